The summed E-state index contributed by atoms with van der Waals surface area (Å²) in [5.41, 5.74) is 3.02. The lowest BCUT2D eigenvalue weighted by molar-refractivity contribution is 0.392. The maximum absolute atomic E-state index is 5.24. The van der Waals surface area contributed by atoms with Crippen molar-refractivity contribution in [1.29, 1.82) is 0 Å². The van der Waals surface area contributed by atoms with Crippen molar-refractivity contribution >= 4 is 27.6 Å². The van der Waals surface area contributed by atoms with E-state index in [2.05, 4.69) is 34.2 Å². The molecule has 0 amide bonds. The minimum atomic E-state index is 0.357. The first-order valence-corrected chi connectivity index (χ1v) is 9.68. The minimum absolute atomic E-state index is 0.357. The van der Waals surface area contributed by atoms with Crippen LogP contribution in [0.3, 0.4) is 0 Å². The van der Waals surface area contributed by atoms with Crippen LogP contribution in [-0.2, 0) is 6.42 Å². The van der Waals surface area contributed by atoms with Crippen molar-refractivity contribution < 1.29 is 4.52 Å². The maximum Gasteiger partial charge on any atom is 0.235 e. The second-order valence-corrected chi connectivity index (χ2v) is 8.46. The summed E-state index contributed by atoms with van der Waals surface area (Å²) in [6, 6.07) is 0. The summed E-state index contributed by atoms with van der Waals surface area (Å²) in [5, 5.41) is 19.4. The van der Waals surface area contributed by atoms with Gasteiger partial charge in [-0.15, -0.1) is 21.5 Å². The first-order valence-electron chi connectivity index (χ1n) is 8.04. The Bertz CT molecular complexity index is 1030. The summed E-state index contributed by atoms with van der Waals surface area (Å²) in [5.74, 6) is 1.96. The molecule has 0 bridgehead atoms. The van der Waals surface area contributed by atoms with Crippen molar-refractivity contribution in [2.24, 2.45) is 0 Å². The molecule has 0 aromatic carbocycles. The lowest BCUT2D eigenvalue weighted by atomic mass is 10.1. The number of hydrogen-bond donors (Lipinski definition) is 0. The Kier molecular flexibility index (Phi) is 3.92. The van der Waals surface area contributed by atoms with Crippen LogP contribution in [0.25, 0.3) is 14.8 Å². The SMILES string of the molecule is Cc1nc(C(C)C)c(-c2nn3c(Cc4c(C)noc4C)nnc3s2)s1. The Morgan fingerprint density at radius 1 is 1.12 bits per heavy atom. The summed E-state index contributed by atoms with van der Waals surface area (Å²) in [6.07, 6.45) is 0.601. The van der Waals surface area contributed by atoms with Gasteiger partial charge in [-0.1, -0.05) is 30.3 Å². The van der Waals surface area contributed by atoms with Crippen LogP contribution in [0.15, 0.2) is 4.52 Å². The minimum Gasteiger partial charge on any atom is -0.361 e. The van der Waals surface area contributed by atoms with Crippen LogP contribution in [0.1, 0.15) is 53.3 Å². The van der Waals surface area contributed by atoms with Gasteiger partial charge in [0.05, 0.1) is 21.3 Å². The van der Waals surface area contributed by atoms with Crippen molar-refractivity contribution in [3.8, 4) is 9.88 Å². The molecule has 0 spiro atoms. The van der Waals surface area contributed by atoms with E-state index in [1.807, 2.05) is 25.3 Å². The van der Waals surface area contributed by atoms with Crippen LogP contribution in [0.4, 0.5) is 0 Å². The van der Waals surface area contributed by atoms with Gasteiger partial charge in [0.25, 0.3) is 0 Å². The molecule has 4 aromatic heterocycles. The molecule has 4 heterocycles. The molecule has 0 radical (unpaired) electrons. The van der Waals surface area contributed by atoms with E-state index in [0.29, 0.717) is 12.3 Å². The molecule has 130 valence electrons. The molecule has 0 fully saturated rings. The Balaban J connectivity index is 1.77. The number of hydrogen-bond acceptors (Lipinski definition) is 8. The predicted octanol–water partition coefficient (Wildman–Crippen LogP) is 3.94. The van der Waals surface area contributed by atoms with E-state index in [1.165, 1.54) is 0 Å². The monoisotopic (exact) mass is 374 g/mol. The van der Waals surface area contributed by atoms with Gasteiger partial charge in [0.1, 0.15) is 5.76 Å². The van der Waals surface area contributed by atoms with Gasteiger partial charge in [0, 0.05) is 12.0 Å². The highest BCUT2D eigenvalue weighted by Crippen LogP contribution is 2.36. The van der Waals surface area contributed by atoms with E-state index in [9.17, 15) is 0 Å². The molecule has 0 aliphatic carbocycles. The summed E-state index contributed by atoms with van der Waals surface area (Å²) in [6.45, 7) is 10.2. The van der Waals surface area contributed by atoms with E-state index in [-0.39, 0.29) is 0 Å². The van der Waals surface area contributed by atoms with Crippen molar-refractivity contribution in [1.82, 2.24) is 30.0 Å². The third-order valence-electron chi connectivity index (χ3n) is 4.07. The van der Waals surface area contributed by atoms with Crippen molar-refractivity contribution in [2.75, 3.05) is 0 Å². The molecular formula is C16H18N6OS2. The summed E-state index contributed by atoms with van der Waals surface area (Å²) in [4.78, 5) is 6.59. The predicted molar refractivity (Wildman–Crippen MR) is 97.4 cm³/mol. The first kappa shape index (κ1) is 16.3. The fourth-order valence-electron chi connectivity index (χ4n) is 2.76. The molecule has 25 heavy (non-hydrogen) atoms. The van der Waals surface area contributed by atoms with Crippen LogP contribution >= 0.6 is 22.7 Å². The number of fused-ring (bicyclic) bond motifs is 1. The van der Waals surface area contributed by atoms with E-state index >= 15 is 0 Å². The zero-order valence-electron chi connectivity index (χ0n) is 14.7. The summed E-state index contributed by atoms with van der Waals surface area (Å²) < 4.78 is 7.07. The topological polar surface area (TPSA) is 82.0 Å². The van der Waals surface area contributed by atoms with Gasteiger partial charge >= 0.3 is 0 Å². The number of nitrogens with zero attached hydrogens (tertiary/aromatic N) is 6. The van der Waals surface area contributed by atoms with Crippen LogP contribution in [-0.4, -0.2) is 30.0 Å². The summed E-state index contributed by atoms with van der Waals surface area (Å²) in [7, 11) is 0. The second-order valence-electron chi connectivity index (χ2n) is 6.30. The third-order valence-corrected chi connectivity index (χ3v) is 6.11. The van der Waals surface area contributed by atoms with Crippen molar-refractivity contribution in [3.63, 3.8) is 0 Å². The highest BCUT2D eigenvalue weighted by atomic mass is 32.1. The third kappa shape index (κ3) is 2.77. The van der Waals surface area contributed by atoms with Gasteiger partial charge in [0.2, 0.25) is 4.96 Å². The van der Waals surface area contributed by atoms with Crippen molar-refractivity contribution in [3.05, 3.63) is 33.5 Å². The largest absolute Gasteiger partial charge is 0.361 e. The Morgan fingerprint density at radius 2 is 1.92 bits per heavy atom. The first-order chi connectivity index (χ1) is 11.9. The van der Waals surface area contributed by atoms with E-state index in [4.69, 9.17) is 9.62 Å². The highest BCUT2D eigenvalue weighted by molar-refractivity contribution is 7.24. The van der Waals surface area contributed by atoms with Crippen LogP contribution in [0.5, 0.6) is 0 Å². The molecule has 0 unspecified atom stereocenters. The Labute approximate surface area is 152 Å². The molecule has 7 nitrogen and oxygen atoms in total. The zero-order valence-corrected chi connectivity index (χ0v) is 16.3. The quantitative estimate of drug-likeness (QED) is 0.538. The lowest BCUT2D eigenvalue weighted by Gasteiger charge is -2.01. The molecule has 0 atom stereocenters. The molecule has 4 aromatic rings. The van der Waals surface area contributed by atoms with Gasteiger partial charge < -0.3 is 4.52 Å². The number of aryl methyl sites for hydroxylation is 3. The smallest absolute Gasteiger partial charge is 0.235 e. The van der Waals surface area contributed by atoms with Gasteiger partial charge in [-0.2, -0.15) is 9.61 Å². The van der Waals surface area contributed by atoms with Gasteiger partial charge in [0.15, 0.2) is 10.8 Å². The highest BCUT2D eigenvalue weighted by Gasteiger charge is 2.21. The number of thiazole rings is 1. The average Bonchev–Trinajstić information content (AvgIpc) is 3.28. The zero-order chi connectivity index (χ0) is 17.7. The Hall–Kier alpha value is -2.13. The van der Waals surface area contributed by atoms with Crippen LogP contribution in [0, 0.1) is 20.8 Å². The molecule has 0 saturated heterocycles. The Morgan fingerprint density at radius 3 is 2.60 bits per heavy atom. The van der Waals surface area contributed by atoms with Crippen LogP contribution in [0.2, 0.25) is 0 Å². The standard InChI is InChI=1S/C16H18N6OS2/c1-7(2)13-14(24-10(5)17-13)15-20-22-12(18-19-16(22)25-15)6-11-8(3)21-23-9(11)4/h7H,6H2,1-5H3. The molecule has 0 saturated carbocycles. The lowest BCUT2D eigenvalue weighted by Crippen LogP contribution is -1.99. The van der Waals surface area contributed by atoms with Crippen molar-refractivity contribution in [2.45, 2.75) is 47.0 Å². The second kappa shape index (κ2) is 5.99. The van der Waals surface area contributed by atoms with E-state index in [1.54, 1.807) is 22.7 Å². The normalized spacial score (nSPS) is 11.9. The van der Waals surface area contributed by atoms with Gasteiger partial charge in [-0.3, -0.25) is 0 Å². The molecule has 0 aliphatic rings. The maximum atomic E-state index is 5.24. The molecule has 4 rings (SSSR count). The van der Waals surface area contributed by atoms with Gasteiger partial charge in [-0.05, 0) is 26.7 Å². The molecule has 0 N–H and O–H groups in total. The molecular weight excluding hydrogens is 356 g/mol. The van der Waals surface area contributed by atoms with E-state index in [0.717, 1.165) is 48.4 Å². The summed E-state index contributed by atoms with van der Waals surface area (Å²) >= 11 is 3.23. The van der Waals surface area contributed by atoms with E-state index < -0.39 is 0 Å². The number of rotatable bonds is 4. The molecule has 9 heteroatoms. The average molecular weight is 374 g/mol. The van der Waals surface area contributed by atoms with Crippen LogP contribution < -0.4 is 0 Å². The fourth-order valence-corrected chi connectivity index (χ4v) is 4.77. The van der Waals surface area contributed by atoms with Gasteiger partial charge in [-0.25, -0.2) is 4.98 Å². The number of aromatic nitrogens is 6. The fraction of sp³-hybridized carbons (Fsp3) is 0.438. The molecule has 0 aliphatic heterocycles.